The number of hydrogen-bond acceptors (Lipinski definition) is 6. The quantitative estimate of drug-likeness (QED) is 0.215. The van der Waals surface area contributed by atoms with Gasteiger partial charge in [0.05, 0.1) is 23.4 Å². The van der Waals surface area contributed by atoms with Gasteiger partial charge in [-0.25, -0.2) is 18.4 Å². The van der Waals surface area contributed by atoms with Crippen molar-refractivity contribution in [3.63, 3.8) is 0 Å². The molecule has 14 heteroatoms. The highest BCUT2D eigenvalue weighted by atomic mass is 19.3. The van der Waals surface area contributed by atoms with E-state index in [0.29, 0.717) is 43.1 Å². The lowest BCUT2D eigenvalue weighted by Crippen LogP contribution is -2.28. The Hall–Kier alpha value is -4.88. The lowest BCUT2D eigenvalue weighted by Gasteiger charge is -2.20. The van der Waals surface area contributed by atoms with Crippen LogP contribution in [0.25, 0.3) is 33.8 Å². The van der Waals surface area contributed by atoms with Crippen molar-refractivity contribution in [3.05, 3.63) is 66.1 Å². The number of aromatic nitrogens is 6. The fraction of sp³-hybridized carbons (Fsp3) is 0.355. The first-order valence-electron chi connectivity index (χ1n) is 14.5. The number of primary amides is 1. The van der Waals surface area contributed by atoms with E-state index >= 15 is 0 Å². The van der Waals surface area contributed by atoms with Crippen molar-refractivity contribution >= 4 is 5.91 Å². The summed E-state index contributed by atoms with van der Waals surface area (Å²) in [6.07, 6.45) is 4.27. The number of nitrogens with zero attached hydrogens (tertiary/aromatic N) is 6. The molecule has 0 atom stereocenters. The summed E-state index contributed by atoms with van der Waals surface area (Å²) < 4.78 is 70.4. The first-order valence-corrected chi connectivity index (χ1v) is 14.5. The minimum atomic E-state index is -3.13. The number of alkyl halides is 4. The van der Waals surface area contributed by atoms with Crippen molar-refractivity contribution in [1.29, 1.82) is 0 Å². The molecule has 1 aromatic carbocycles. The Bertz CT molecular complexity index is 1760. The number of aryl methyl sites for hydroxylation is 2. The predicted octanol–water partition coefficient (Wildman–Crippen LogP) is 5.89. The van der Waals surface area contributed by atoms with Crippen LogP contribution in [0.4, 0.5) is 17.6 Å². The number of rotatable bonds is 8. The molecule has 10 nitrogen and oxygen atoms in total. The molecule has 4 aliphatic rings. The zero-order valence-electron chi connectivity index (χ0n) is 24.4. The second-order valence-electron chi connectivity index (χ2n) is 10.9. The SMILES string of the molecule is Cn1cc(-c2c3cccn(Cc4ccccc4)c-3nc2-c2c(C(F)F)nn3c2OCCC3)c(OC(F)F)n1.NC(=O)C1CCC1. The molecule has 2 aromatic heterocycles. The van der Waals surface area contributed by atoms with E-state index in [-0.39, 0.29) is 40.4 Å². The Balaban J connectivity index is 0.000000452. The molecule has 0 unspecified atom stereocenters. The van der Waals surface area contributed by atoms with Gasteiger partial charge in [-0.15, -0.1) is 5.10 Å². The summed E-state index contributed by atoms with van der Waals surface area (Å²) in [6, 6.07) is 13.2. The topological polar surface area (TPSA) is 115 Å². The smallest absolute Gasteiger partial charge is 0.388 e. The number of pyridine rings is 1. The monoisotopic (exact) mass is 625 g/mol. The Morgan fingerprint density at radius 2 is 1.82 bits per heavy atom. The maximum Gasteiger partial charge on any atom is 0.388 e. The van der Waals surface area contributed by atoms with Crippen molar-refractivity contribution in [3.8, 4) is 45.5 Å². The van der Waals surface area contributed by atoms with Crippen molar-refractivity contribution in [2.24, 2.45) is 18.7 Å². The van der Waals surface area contributed by atoms with Crippen LogP contribution in [0, 0.1) is 5.92 Å². The Kier molecular flexibility index (Phi) is 8.46. The van der Waals surface area contributed by atoms with Gasteiger partial charge in [-0.05, 0) is 30.5 Å². The van der Waals surface area contributed by atoms with Gasteiger partial charge in [-0.2, -0.15) is 13.9 Å². The predicted molar refractivity (Wildman–Crippen MR) is 156 cm³/mol. The summed E-state index contributed by atoms with van der Waals surface area (Å²) in [7, 11) is 1.56. The summed E-state index contributed by atoms with van der Waals surface area (Å²) in [5, 5.41) is 8.17. The van der Waals surface area contributed by atoms with Crippen LogP contribution >= 0.6 is 0 Å². The third kappa shape index (κ3) is 6.08. The van der Waals surface area contributed by atoms with Crippen LogP contribution in [-0.2, 0) is 24.9 Å². The van der Waals surface area contributed by atoms with Crippen molar-refractivity contribution in [2.45, 2.75) is 51.8 Å². The van der Waals surface area contributed by atoms with E-state index < -0.39 is 18.7 Å². The summed E-state index contributed by atoms with van der Waals surface area (Å²) in [5.74, 6) is 0.415. The molecule has 2 N–H and O–H groups in total. The first kappa shape index (κ1) is 30.2. The lowest BCUT2D eigenvalue weighted by molar-refractivity contribution is -0.124. The zero-order chi connectivity index (χ0) is 31.7. The molecule has 3 aromatic rings. The minimum Gasteiger partial charge on any atom is -0.477 e. The summed E-state index contributed by atoms with van der Waals surface area (Å²) >= 11 is 0. The molecule has 1 amide bonds. The first-order chi connectivity index (χ1) is 21.7. The number of benzene rings is 1. The average Bonchev–Trinajstić information content (AvgIpc) is 3.65. The maximum absolute atomic E-state index is 14.3. The van der Waals surface area contributed by atoms with Gasteiger partial charge < -0.3 is 19.8 Å². The normalized spacial score (nSPS) is 14.6. The van der Waals surface area contributed by atoms with Crippen LogP contribution in [0.5, 0.6) is 11.8 Å². The van der Waals surface area contributed by atoms with E-state index in [9.17, 15) is 22.4 Å². The number of hydrogen-bond donors (Lipinski definition) is 1. The van der Waals surface area contributed by atoms with Gasteiger partial charge in [0.2, 0.25) is 17.7 Å². The summed E-state index contributed by atoms with van der Waals surface area (Å²) in [5.41, 5.74) is 6.72. The van der Waals surface area contributed by atoms with Gasteiger partial charge in [0.15, 0.2) is 0 Å². The molecule has 0 radical (unpaired) electrons. The fourth-order valence-corrected chi connectivity index (χ4v) is 5.54. The third-order valence-electron chi connectivity index (χ3n) is 7.86. The molecule has 5 heterocycles. The highest BCUT2D eigenvalue weighted by Gasteiger charge is 2.35. The molecule has 0 saturated heterocycles. The largest absolute Gasteiger partial charge is 0.477 e. The second-order valence-corrected chi connectivity index (χ2v) is 10.9. The molecule has 1 aliphatic carbocycles. The van der Waals surface area contributed by atoms with Crippen LogP contribution in [0.3, 0.4) is 0 Å². The van der Waals surface area contributed by atoms with E-state index in [2.05, 4.69) is 10.2 Å². The van der Waals surface area contributed by atoms with Gasteiger partial charge in [0.1, 0.15) is 11.5 Å². The van der Waals surface area contributed by atoms with Gasteiger partial charge in [0, 0.05) is 56.0 Å². The molecular weight excluding hydrogens is 594 g/mol. The Morgan fingerprint density at radius 3 is 2.47 bits per heavy atom. The summed E-state index contributed by atoms with van der Waals surface area (Å²) in [4.78, 5) is 15.0. The molecule has 45 heavy (non-hydrogen) atoms. The number of fused-ring (bicyclic) bond motifs is 2. The van der Waals surface area contributed by atoms with Gasteiger partial charge in [0.25, 0.3) is 6.43 Å². The van der Waals surface area contributed by atoms with E-state index in [0.717, 1.165) is 18.4 Å². The number of nitrogens with two attached hydrogens (primary N) is 1. The van der Waals surface area contributed by atoms with Crippen LogP contribution in [0.15, 0.2) is 54.9 Å². The minimum absolute atomic E-state index is 0.0315. The summed E-state index contributed by atoms with van der Waals surface area (Å²) in [6.45, 7) is -1.94. The molecule has 0 bridgehead atoms. The molecule has 236 valence electrons. The molecule has 0 spiro atoms. The molecule has 1 saturated carbocycles. The fourth-order valence-electron chi connectivity index (χ4n) is 5.54. The number of amides is 1. The highest BCUT2D eigenvalue weighted by Crippen LogP contribution is 2.49. The van der Waals surface area contributed by atoms with Crippen LogP contribution in [0.2, 0.25) is 0 Å². The number of carbonyl (C=O) groups is 1. The van der Waals surface area contributed by atoms with Crippen molar-refractivity contribution in [2.75, 3.05) is 6.61 Å². The van der Waals surface area contributed by atoms with Gasteiger partial charge in [-0.3, -0.25) is 9.48 Å². The molecule has 3 aliphatic heterocycles. The van der Waals surface area contributed by atoms with E-state index in [4.69, 9.17) is 20.2 Å². The van der Waals surface area contributed by atoms with E-state index in [1.54, 1.807) is 19.2 Å². The van der Waals surface area contributed by atoms with Crippen LogP contribution in [0.1, 0.15) is 43.4 Å². The Labute approximate surface area is 255 Å². The van der Waals surface area contributed by atoms with Crippen molar-refractivity contribution < 1.29 is 31.8 Å². The number of halogens is 4. The molecular formula is C31H31F4N7O3. The second kappa shape index (κ2) is 12.6. The third-order valence-corrected chi connectivity index (χ3v) is 7.86. The average molecular weight is 626 g/mol. The lowest BCUT2D eigenvalue weighted by atomic mass is 9.85. The maximum atomic E-state index is 14.3. The molecule has 7 rings (SSSR count). The van der Waals surface area contributed by atoms with Crippen LogP contribution in [-0.4, -0.2) is 48.2 Å². The Morgan fingerprint density at radius 1 is 1.04 bits per heavy atom. The van der Waals surface area contributed by atoms with Crippen molar-refractivity contribution in [1.82, 2.24) is 29.1 Å². The van der Waals surface area contributed by atoms with E-state index in [1.807, 2.05) is 41.1 Å². The van der Waals surface area contributed by atoms with Gasteiger partial charge >= 0.3 is 6.61 Å². The van der Waals surface area contributed by atoms with Crippen LogP contribution < -0.4 is 15.2 Å². The van der Waals surface area contributed by atoms with E-state index in [1.165, 1.54) is 22.0 Å². The standard InChI is InChI=1S/C26H22F4N6O2.C5H9NO/c1-34-14-17(24(33-34)38-26(29)30)18-16-9-5-10-35(13-15-7-3-2-4-8-15)23(16)31-20(18)19-21(22(27)28)32-36-11-6-12-37-25(19)36;6-5(7)4-2-1-3-4/h2-5,7-10,14,22,26H,6,11-13H2,1H3;4H,1-3H2,(H2,6,7). The molecule has 1 fully saturated rings. The number of ether oxygens (including phenoxy) is 2. The number of carbonyl (C=O) groups excluding carboxylic acids is 1. The highest BCUT2D eigenvalue weighted by molar-refractivity contribution is 5.97. The van der Waals surface area contributed by atoms with Gasteiger partial charge in [-0.1, -0.05) is 36.8 Å². The zero-order valence-corrected chi connectivity index (χ0v) is 24.4.